The molecule has 7 heteroatoms. The third-order valence-corrected chi connectivity index (χ3v) is 5.63. The molecule has 0 aliphatic carbocycles. The highest BCUT2D eigenvalue weighted by molar-refractivity contribution is 14.1. The average molecular weight is 563 g/mol. The molecule has 1 aliphatic rings. The van der Waals surface area contributed by atoms with Gasteiger partial charge in [-0.25, -0.2) is 4.90 Å². The van der Waals surface area contributed by atoms with Crippen molar-refractivity contribution in [2.75, 3.05) is 12.0 Å². The molecule has 0 unspecified atom stereocenters. The van der Waals surface area contributed by atoms with Gasteiger partial charge in [0.15, 0.2) is 0 Å². The number of para-hydroxylation sites is 1. The van der Waals surface area contributed by atoms with Crippen LogP contribution in [0.3, 0.4) is 0 Å². The van der Waals surface area contributed by atoms with E-state index in [0.717, 1.165) is 24.5 Å². The van der Waals surface area contributed by atoms with Crippen molar-refractivity contribution < 1.29 is 14.3 Å². The first-order valence-corrected chi connectivity index (χ1v) is 9.84. The Labute approximate surface area is 170 Å². The maximum atomic E-state index is 12.7. The predicted octanol–water partition coefficient (Wildman–Crippen LogP) is 5.15. The van der Waals surface area contributed by atoms with E-state index in [-0.39, 0.29) is 11.1 Å². The second kappa shape index (κ2) is 7.44. The van der Waals surface area contributed by atoms with Gasteiger partial charge in [0.25, 0.3) is 11.1 Å². The number of halogens is 2. The number of hydrogen-bond acceptors (Lipinski definition) is 4. The molecule has 0 radical (unpaired) electrons. The molecule has 1 fully saturated rings. The van der Waals surface area contributed by atoms with Crippen LogP contribution in [0.2, 0.25) is 0 Å². The van der Waals surface area contributed by atoms with Crippen molar-refractivity contribution >= 4 is 79.9 Å². The summed E-state index contributed by atoms with van der Waals surface area (Å²) in [6.07, 6.45) is 1.72. The summed E-state index contributed by atoms with van der Waals surface area (Å²) in [5, 5.41) is -0.295. The SMILES string of the molecule is COc1c(I)cc(I)cc1/C=C1\SC(=O)N(c2ccccc2)C1=O. The Hall–Kier alpha value is -1.07. The number of nitrogens with zero attached hydrogens (tertiary/aromatic N) is 1. The Kier molecular flexibility index (Phi) is 5.50. The number of methoxy groups -OCH3 is 1. The Morgan fingerprint density at radius 3 is 2.50 bits per heavy atom. The summed E-state index contributed by atoms with van der Waals surface area (Å²) < 4.78 is 7.43. The van der Waals surface area contributed by atoms with Gasteiger partial charge in [0.1, 0.15) is 5.75 Å². The first kappa shape index (κ1) is 17.7. The predicted molar refractivity (Wildman–Crippen MR) is 113 cm³/mol. The lowest BCUT2D eigenvalue weighted by molar-refractivity contribution is -0.113. The van der Waals surface area contributed by atoms with Crippen molar-refractivity contribution in [3.8, 4) is 5.75 Å². The highest BCUT2D eigenvalue weighted by Gasteiger charge is 2.36. The minimum absolute atomic E-state index is 0.295. The number of ether oxygens (including phenoxy) is 1. The molecular formula is C17H11I2NO3S. The van der Waals surface area contributed by atoms with Crippen LogP contribution in [0.25, 0.3) is 6.08 Å². The molecule has 0 bridgehead atoms. The number of benzene rings is 2. The molecule has 1 saturated heterocycles. The molecule has 2 aromatic carbocycles. The number of carbonyl (C=O) groups excluding carboxylic acids is 2. The highest BCUT2D eigenvalue weighted by Crippen LogP contribution is 2.38. The zero-order valence-corrected chi connectivity index (χ0v) is 17.6. The number of carbonyl (C=O) groups is 2. The van der Waals surface area contributed by atoms with E-state index < -0.39 is 0 Å². The number of hydrogen-bond donors (Lipinski definition) is 0. The number of amides is 2. The Morgan fingerprint density at radius 2 is 1.83 bits per heavy atom. The summed E-state index contributed by atoms with van der Waals surface area (Å²) in [6, 6.07) is 12.9. The van der Waals surface area contributed by atoms with Crippen LogP contribution in [0.1, 0.15) is 5.56 Å². The summed E-state index contributed by atoms with van der Waals surface area (Å²) in [4.78, 5) is 26.5. The van der Waals surface area contributed by atoms with Gasteiger partial charge in [-0.05, 0) is 87.3 Å². The zero-order valence-electron chi connectivity index (χ0n) is 12.5. The molecule has 0 spiro atoms. The van der Waals surface area contributed by atoms with Gasteiger partial charge in [0.2, 0.25) is 0 Å². The minimum Gasteiger partial charge on any atom is -0.495 e. The molecule has 4 nitrogen and oxygen atoms in total. The fraction of sp³-hybridized carbons (Fsp3) is 0.0588. The Morgan fingerprint density at radius 1 is 1.12 bits per heavy atom. The van der Waals surface area contributed by atoms with Crippen molar-refractivity contribution in [3.63, 3.8) is 0 Å². The normalized spacial score (nSPS) is 16.1. The summed E-state index contributed by atoms with van der Waals surface area (Å²) >= 11 is 5.35. The average Bonchev–Trinajstić information content (AvgIpc) is 2.82. The maximum absolute atomic E-state index is 12.7. The van der Waals surface area contributed by atoms with E-state index in [0.29, 0.717) is 16.3 Å². The summed E-state index contributed by atoms with van der Waals surface area (Å²) in [7, 11) is 1.59. The maximum Gasteiger partial charge on any atom is 0.298 e. The molecule has 0 N–H and O–H groups in total. The Bertz CT molecular complexity index is 852. The van der Waals surface area contributed by atoms with Gasteiger partial charge in [0.05, 0.1) is 21.3 Å². The molecule has 1 heterocycles. The van der Waals surface area contributed by atoms with Crippen LogP contribution in [0, 0.1) is 7.14 Å². The lowest BCUT2D eigenvalue weighted by atomic mass is 10.2. The summed E-state index contributed by atoms with van der Waals surface area (Å²) in [5.41, 5.74) is 1.36. The zero-order chi connectivity index (χ0) is 17.3. The molecule has 0 saturated carbocycles. The van der Waals surface area contributed by atoms with E-state index in [1.165, 1.54) is 4.90 Å². The van der Waals surface area contributed by atoms with Crippen molar-refractivity contribution in [1.82, 2.24) is 0 Å². The van der Waals surface area contributed by atoms with Crippen molar-refractivity contribution in [3.05, 3.63) is 60.1 Å². The third-order valence-electron chi connectivity index (χ3n) is 3.34. The largest absolute Gasteiger partial charge is 0.495 e. The third kappa shape index (κ3) is 3.47. The van der Waals surface area contributed by atoms with E-state index in [4.69, 9.17) is 4.74 Å². The van der Waals surface area contributed by atoms with Gasteiger partial charge in [-0.2, -0.15) is 0 Å². The van der Waals surface area contributed by atoms with E-state index in [2.05, 4.69) is 45.2 Å². The number of anilines is 1. The van der Waals surface area contributed by atoms with Gasteiger partial charge < -0.3 is 4.74 Å². The van der Waals surface area contributed by atoms with Gasteiger partial charge in [-0.3, -0.25) is 9.59 Å². The molecule has 0 aromatic heterocycles. The lowest BCUT2D eigenvalue weighted by Gasteiger charge is -2.12. The van der Waals surface area contributed by atoms with E-state index in [9.17, 15) is 9.59 Å². The van der Waals surface area contributed by atoms with E-state index >= 15 is 0 Å². The van der Waals surface area contributed by atoms with Crippen LogP contribution < -0.4 is 9.64 Å². The van der Waals surface area contributed by atoms with Gasteiger partial charge in [-0.1, -0.05) is 18.2 Å². The number of thioether (sulfide) groups is 1. The van der Waals surface area contributed by atoms with Crippen molar-refractivity contribution in [1.29, 1.82) is 0 Å². The standard InChI is InChI=1S/C17H11I2NO3S/c1-23-15-10(7-11(18)9-13(15)19)8-14-16(21)20(17(22)24-14)12-5-3-2-4-6-12/h2-9H,1H3/b14-8-. The number of imide groups is 1. The number of rotatable bonds is 3. The molecule has 3 rings (SSSR count). The van der Waals surface area contributed by atoms with Crippen LogP contribution in [0.5, 0.6) is 5.75 Å². The fourth-order valence-corrected chi connectivity index (χ4v) is 5.25. The molecule has 122 valence electrons. The summed E-state index contributed by atoms with van der Waals surface area (Å²) in [5.74, 6) is 0.384. The first-order valence-electron chi connectivity index (χ1n) is 6.87. The van der Waals surface area contributed by atoms with Crippen LogP contribution in [0.4, 0.5) is 10.5 Å². The van der Waals surface area contributed by atoms with Crippen LogP contribution in [0.15, 0.2) is 47.4 Å². The second-order valence-corrected chi connectivity index (χ2v) is 8.26. The molecule has 2 aromatic rings. The highest BCUT2D eigenvalue weighted by atomic mass is 127. The lowest BCUT2D eigenvalue weighted by Crippen LogP contribution is -2.27. The van der Waals surface area contributed by atoms with Gasteiger partial charge in [0, 0.05) is 9.13 Å². The molecule has 2 amide bonds. The molecule has 1 aliphatic heterocycles. The van der Waals surface area contributed by atoms with E-state index in [1.807, 2.05) is 18.2 Å². The fourth-order valence-electron chi connectivity index (χ4n) is 2.31. The van der Waals surface area contributed by atoms with Crippen molar-refractivity contribution in [2.24, 2.45) is 0 Å². The quantitative estimate of drug-likeness (QED) is 0.384. The molecular weight excluding hydrogens is 552 g/mol. The van der Waals surface area contributed by atoms with Crippen LogP contribution in [-0.2, 0) is 4.79 Å². The smallest absolute Gasteiger partial charge is 0.298 e. The van der Waals surface area contributed by atoms with Crippen LogP contribution in [-0.4, -0.2) is 18.3 Å². The minimum atomic E-state index is -0.313. The van der Waals surface area contributed by atoms with Gasteiger partial charge in [-0.15, -0.1) is 0 Å². The summed E-state index contributed by atoms with van der Waals surface area (Å²) in [6.45, 7) is 0. The second-order valence-electron chi connectivity index (χ2n) is 4.86. The first-order chi connectivity index (χ1) is 11.5. The topological polar surface area (TPSA) is 46.6 Å². The van der Waals surface area contributed by atoms with E-state index in [1.54, 1.807) is 37.5 Å². The molecule has 0 atom stereocenters. The molecule has 24 heavy (non-hydrogen) atoms. The van der Waals surface area contributed by atoms with Crippen molar-refractivity contribution in [2.45, 2.75) is 0 Å². The van der Waals surface area contributed by atoms with Gasteiger partial charge >= 0.3 is 0 Å². The monoisotopic (exact) mass is 563 g/mol. The Balaban J connectivity index is 2.01. The van der Waals surface area contributed by atoms with Crippen LogP contribution >= 0.6 is 56.9 Å².